The molecular weight excluding hydrogens is 254 g/mol. The van der Waals surface area contributed by atoms with E-state index in [1.807, 2.05) is 30.8 Å². The molecule has 0 saturated carbocycles. The normalized spacial score (nSPS) is 18.8. The summed E-state index contributed by atoms with van der Waals surface area (Å²) in [6.07, 6.45) is 0.952. The van der Waals surface area contributed by atoms with Gasteiger partial charge in [0, 0.05) is 22.1 Å². The monoisotopic (exact) mass is 265 g/mol. The second-order valence-electron chi connectivity index (χ2n) is 4.15. The lowest BCUT2D eigenvalue weighted by atomic mass is 10.2. The van der Waals surface area contributed by atoms with Crippen molar-refractivity contribution in [1.82, 2.24) is 0 Å². The first-order chi connectivity index (χ1) is 8.24. The highest BCUT2D eigenvalue weighted by Gasteiger charge is 2.24. The minimum absolute atomic E-state index is 0.791. The van der Waals surface area contributed by atoms with E-state index in [2.05, 4.69) is 21.2 Å². The first-order valence-corrected chi connectivity index (χ1v) is 6.90. The first-order valence-electron chi connectivity index (χ1n) is 5.54. The molecular formula is C12H12ClN3S. The fourth-order valence-corrected chi connectivity index (χ4v) is 3.31. The van der Waals surface area contributed by atoms with Crippen molar-refractivity contribution in [2.75, 3.05) is 17.2 Å². The Kier molecular flexibility index (Phi) is 2.84. The zero-order valence-electron chi connectivity index (χ0n) is 9.48. The van der Waals surface area contributed by atoms with Crippen LogP contribution in [-0.4, -0.2) is 23.8 Å². The van der Waals surface area contributed by atoms with Gasteiger partial charge in [-0.25, -0.2) is 0 Å². The molecule has 3 rings (SSSR count). The van der Waals surface area contributed by atoms with Gasteiger partial charge >= 0.3 is 0 Å². The van der Waals surface area contributed by atoms with E-state index >= 15 is 0 Å². The van der Waals surface area contributed by atoms with Crippen LogP contribution in [0.4, 0.5) is 5.69 Å². The molecule has 1 aromatic rings. The van der Waals surface area contributed by atoms with Gasteiger partial charge in [-0.2, -0.15) is 5.10 Å². The Morgan fingerprint density at radius 3 is 3.12 bits per heavy atom. The van der Waals surface area contributed by atoms with Crippen molar-refractivity contribution in [2.45, 2.75) is 18.2 Å². The lowest BCUT2D eigenvalue weighted by Crippen LogP contribution is -2.37. The number of anilines is 1. The number of hydrogen-bond acceptors (Lipinski definition) is 4. The summed E-state index contributed by atoms with van der Waals surface area (Å²) in [6.45, 7) is 2.84. The molecule has 0 spiro atoms. The van der Waals surface area contributed by atoms with Crippen molar-refractivity contribution in [2.24, 2.45) is 10.2 Å². The van der Waals surface area contributed by atoms with Gasteiger partial charge in [0.2, 0.25) is 0 Å². The molecule has 0 saturated heterocycles. The third-order valence-corrected chi connectivity index (χ3v) is 4.11. The number of rotatable bonds is 0. The smallest absolute Gasteiger partial charge is 0.133 e. The fourth-order valence-electron chi connectivity index (χ4n) is 2.04. The van der Waals surface area contributed by atoms with Gasteiger partial charge in [0.1, 0.15) is 5.84 Å². The number of amidine groups is 1. The Bertz CT molecular complexity index is 524. The Hall–Kier alpha value is -1.00. The Labute approximate surface area is 110 Å². The van der Waals surface area contributed by atoms with Crippen LogP contribution in [0.15, 0.2) is 33.3 Å². The third kappa shape index (κ3) is 2.07. The summed E-state index contributed by atoms with van der Waals surface area (Å²) in [5, 5.41) is 9.26. The topological polar surface area (TPSA) is 28.0 Å². The summed E-state index contributed by atoms with van der Waals surface area (Å²) in [5.41, 5.74) is 2.24. The van der Waals surface area contributed by atoms with Crippen LogP contribution < -0.4 is 4.90 Å². The molecule has 0 aliphatic carbocycles. The quantitative estimate of drug-likeness (QED) is 0.719. The predicted octanol–water partition coefficient (Wildman–Crippen LogP) is 3.43. The molecule has 2 heterocycles. The second kappa shape index (κ2) is 4.35. The molecule has 88 valence electrons. The summed E-state index contributed by atoms with van der Waals surface area (Å²) < 4.78 is 0. The van der Waals surface area contributed by atoms with Crippen molar-refractivity contribution in [3.05, 3.63) is 23.2 Å². The van der Waals surface area contributed by atoms with E-state index in [1.54, 1.807) is 0 Å². The van der Waals surface area contributed by atoms with E-state index < -0.39 is 0 Å². The van der Waals surface area contributed by atoms with Gasteiger partial charge < -0.3 is 4.90 Å². The molecule has 0 radical (unpaired) electrons. The van der Waals surface area contributed by atoms with Crippen LogP contribution in [0.25, 0.3) is 0 Å². The van der Waals surface area contributed by atoms with Crippen molar-refractivity contribution in [3.63, 3.8) is 0 Å². The second-order valence-corrected chi connectivity index (χ2v) is 5.72. The molecule has 5 heteroatoms. The summed E-state index contributed by atoms with van der Waals surface area (Å²) in [5.74, 6) is 2.08. The van der Waals surface area contributed by atoms with E-state index in [0.717, 1.165) is 35.3 Å². The maximum Gasteiger partial charge on any atom is 0.133 e. The van der Waals surface area contributed by atoms with Gasteiger partial charge in [-0.05, 0) is 25.1 Å². The zero-order valence-corrected chi connectivity index (χ0v) is 11.1. The summed E-state index contributed by atoms with van der Waals surface area (Å²) in [7, 11) is 0. The van der Waals surface area contributed by atoms with Crippen molar-refractivity contribution in [3.8, 4) is 0 Å². The van der Waals surface area contributed by atoms with Crippen molar-refractivity contribution in [1.29, 1.82) is 0 Å². The Morgan fingerprint density at radius 2 is 2.24 bits per heavy atom. The van der Waals surface area contributed by atoms with Crippen LogP contribution in [-0.2, 0) is 0 Å². The van der Waals surface area contributed by atoms with Gasteiger partial charge in [0.25, 0.3) is 0 Å². The van der Waals surface area contributed by atoms with E-state index in [0.29, 0.717) is 0 Å². The van der Waals surface area contributed by atoms with Crippen LogP contribution in [0, 0.1) is 0 Å². The van der Waals surface area contributed by atoms with Gasteiger partial charge in [-0.15, -0.1) is 16.9 Å². The number of nitrogens with zero attached hydrogens (tertiary/aromatic N) is 3. The van der Waals surface area contributed by atoms with E-state index in [4.69, 9.17) is 11.6 Å². The molecule has 0 aromatic heterocycles. The minimum atomic E-state index is 0.791. The molecule has 17 heavy (non-hydrogen) atoms. The average Bonchev–Trinajstić information content (AvgIpc) is 2.47. The Balaban J connectivity index is 2.09. The number of fused-ring (bicyclic) bond motifs is 3. The highest BCUT2D eigenvalue weighted by atomic mass is 35.5. The van der Waals surface area contributed by atoms with E-state index in [-0.39, 0.29) is 0 Å². The fraction of sp³-hybridized carbons (Fsp3) is 0.333. The number of benzene rings is 1. The van der Waals surface area contributed by atoms with E-state index in [1.165, 1.54) is 10.6 Å². The van der Waals surface area contributed by atoms with Crippen LogP contribution >= 0.6 is 23.4 Å². The SMILES string of the molecule is CC1=NN=C2CCSc3cc(Cl)ccc3N2C1. The van der Waals surface area contributed by atoms with Gasteiger partial charge in [-0.1, -0.05) is 11.6 Å². The maximum absolute atomic E-state index is 6.05. The molecule has 0 bridgehead atoms. The van der Waals surface area contributed by atoms with Crippen molar-refractivity contribution >= 4 is 40.6 Å². The van der Waals surface area contributed by atoms with E-state index in [9.17, 15) is 0 Å². The number of hydrogen-bond donors (Lipinski definition) is 0. The molecule has 2 aliphatic heterocycles. The van der Waals surface area contributed by atoms with Gasteiger partial charge in [-0.3, -0.25) is 0 Å². The third-order valence-electron chi connectivity index (χ3n) is 2.83. The lowest BCUT2D eigenvalue weighted by Gasteiger charge is -2.27. The first kappa shape index (κ1) is 11.1. The van der Waals surface area contributed by atoms with Crippen LogP contribution in [0.2, 0.25) is 5.02 Å². The summed E-state index contributed by atoms with van der Waals surface area (Å²) >= 11 is 7.88. The molecule has 1 aromatic carbocycles. The number of halogens is 1. The molecule has 0 N–H and O–H groups in total. The minimum Gasteiger partial charge on any atom is -0.322 e. The highest BCUT2D eigenvalue weighted by molar-refractivity contribution is 7.99. The van der Waals surface area contributed by atoms with Gasteiger partial charge in [0.15, 0.2) is 0 Å². The van der Waals surface area contributed by atoms with Crippen molar-refractivity contribution < 1.29 is 0 Å². The number of thioether (sulfide) groups is 1. The van der Waals surface area contributed by atoms with Crippen LogP contribution in [0.1, 0.15) is 13.3 Å². The average molecular weight is 266 g/mol. The van der Waals surface area contributed by atoms with Crippen LogP contribution in [0.5, 0.6) is 0 Å². The maximum atomic E-state index is 6.05. The molecule has 0 atom stereocenters. The molecule has 2 aliphatic rings. The Morgan fingerprint density at radius 1 is 1.35 bits per heavy atom. The predicted molar refractivity (Wildman–Crippen MR) is 74.7 cm³/mol. The summed E-state index contributed by atoms with van der Waals surface area (Å²) in [6, 6.07) is 6.04. The lowest BCUT2D eigenvalue weighted by molar-refractivity contribution is 1.01. The summed E-state index contributed by atoms with van der Waals surface area (Å²) in [4.78, 5) is 3.48. The molecule has 3 nitrogen and oxygen atoms in total. The zero-order chi connectivity index (χ0) is 11.8. The molecule has 0 fully saturated rings. The van der Waals surface area contributed by atoms with Gasteiger partial charge in [0.05, 0.1) is 17.9 Å². The molecule has 0 unspecified atom stereocenters. The standard InChI is InChI=1S/C12H12ClN3S/c1-8-7-16-10-3-2-9(13)6-11(10)17-5-4-12(16)15-14-8/h2-3,6H,4-5,7H2,1H3. The van der Waals surface area contributed by atoms with Crippen LogP contribution in [0.3, 0.4) is 0 Å². The largest absolute Gasteiger partial charge is 0.322 e. The molecule has 0 amide bonds. The highest BCUT2D eigenvalue weighted by Crippen LogP contribution is 2.36.